The molecule has 2 aromatic rings. The van der Waals surface area contributed by atoms with E-state index in [4.69, 9.17) is 4.74 Å². The summed E-state index contributed by atoms with van der Waals surface area (Å²) in [4.78, 5) is 11.6. The molecule has 1 aromatic carbocycles. The van der Waals surface area contributed by atoms with Crippen molar-refractivity contribution in [3.63, 3.8) is 0 Å². The highest BCUT2D eigenvalue weighted by Crippen LogP contribution is 2.09. The van der Waals surface area contributed by atoms with E-state index in [1.165, 1.54) is 0 Å². The summed E-state index contributed by atoms with van der Waals surface area (Å²) in [5.41, 5.74) is 0.552. The Kier molecular flexibility index (Phi) is 6.52. The summed E-state index contributed by atoms with van der Waals surface area (Å²) >= 11 is 0. The van der Waals surface area contributed by atoms with Gasteiger partial charge in [-0.1, -0.05) is 25.1 Å². The molecule has 0 radical (unpaired) electrons. The number of nitrogens with one attached hydrogen (secondary N) is 2. The first-order valence-electron chi connectivity index (χ1n) is 8.47. The molecule has 1 amide bonds. The van der Waals surface area contributed by atoms with Crippen molar-refractivity contribution in [3.05, 3.63) is 42.5 Å². The molecule has 1 aromatic heterocycles. The number of hydrogen-bond donors (Lipinski definition) is 2. The molecule has 0 spiro atoms. The van der Waals surface area contributed by atoms with Crippen molar-refractivity contribution < 1.29 is 9.53 Å². The Bertz CT molecular complexity index is 664. The summed E-state index contributed by atoms with van der Waals surface area (Å²) < 4.78 is 7.18. The van der Waals surface area contributed by atoms with Crippen molar-refractivity contribution >= 4 is 6.09 Å². The quantitative estimate of drug-likeness (QED) is 0.806. The molecule has 0 bridgehead atoms. The molecule has 0 aliphatic heterocycles. The van der Waals surface area contributed by atoms with Crippen LogP contribution >= 0.6 is 0 Å². The normalized spacial score (nSPS) is 12.6. The molecule has 0 aliphatic carbocycles. The average molecular weight is 345 g/mol. The van der Waals surface area contributed by atoms with Crippen LogP contribution in [-0.2, 0) is 11.3 Å². The lowest BCUT2D eigenvalue weighted by Gasteiger charge is -2.21. The van der Waals surface area contributed by atoms with Crippen molar-refractivity contribution in [1.82, 2.24) is 25.4 Å². The van der Waals surface area contributed by atoms with Crippen molar-refractivity contribution in [2.45, 2.75) is 39.8 Å². The minimum atomic E-state index is -0.479. The lowest BCUT2D eigenvalue weighted by Crippen LogP contribution is -2.37. The van der Waals surface area contributed by atoms with Crippen LogP contribution in [0.5, 0.6) is 0 Å². The standard InChI is InChI=1S/C18H27N5O2/c1-14(11-20-17(24)25-18(2,3)4)10-19-12-16-22-21-13-23(16)15-8-6-5-7-9-15/h5-9,13-14,19H,10-12H2,1-4H3,(H,20,24)/t14-/m1/s1. The van der Waals surface area contributed by atoms with Crippen molar-refractivity contribution in [1.29, 1.82) is 0 Å². The third kappa shape index (κ3) is 6.54. The minimum absolute atomic E-state index is 0.264. The Morgan fingerprint density at radius 2 is 1.96 bits per heavy atom. The largest absolute Gasteiger partial charge is 0.444 e. The lowest BCUT2D eigenvalue weighted by atomic mass is 10.2. The fourth-order valence-electron chi connectivity index (χ4n) is 2.26. The van der Waals surface area contributed by atoms with Crippen LogP contribution in [0.1, 0.15) is 33.5 Å². The zero-order chi connectivity index (χ0) is 18.3. The fraction of sp³-hybridized carbons (Fsp3) is 0.500. The molecule has 2 rings (SSSR count). The smallest absolute Gasteiger partial charge is 0.407 e. The summed E-state index contributed by atoms with van der Waals surface area (Å²) in [7, 11) is 0. The van der Waals surface area contributed by atoms with Gasteiger partial charge in [0, 0.05) is 12.2 Å². The van der Waals surface area contributed by atoms with Gasteiger partial charge in [-0.25, -0.2) is 4.79 Å². The first-order chi connectivity index (χ1) is 11.8. The van der Waals surface area contributed by atoms with Gasteiger partial charge < -0.3 is 15.4 Å². The average Bonchev–Trinajstić information content (AvgIpc) is 3.01. The first-order valence-corrected chi connectivity index (χ1v) is 8.47. The lowest BCUT2D eigenvalue weighted by molar-refractivity contribution is 0.0520. The van der Waals surface area contributed by atoms with Gasteiger partial charge in [-0.3, -0.25) is 4.57 Å². The molecule has 136 valence electrons. The highest BCUT2D eigenvalue weighted by Gasteiger charge is 2.16. The van der Waals surface area contributed by atoms with Crippen molar-refractivity contribution in [2.75, 3.05) is 13.1 Å². The van der Waals surface area contributed by atoms with Gasteiger partial charge in [0.1, 0.15) is 11.9 Å². The van der Waals surface area contributed by atoms with E-state index >= 15 is 0 Å². The SMILES string of the molecule is C[C@H](CNCc1nncn1-c1ccccc1)CNC(=O)OC(C)(C)C. The van der Waals surface area contributed by atoms with Crippen molar-refractivity contribution in [2.24, 2.45) is 5.92 Å². The molecule has 7 heteroatoms. The number of hydrogen-bond acceptors (Lipinski definition) is 5. The van der Waals surface area contributed by atoms with E-state index in [-0.39, 0.29) is 12.0 Å². The molecule has 0 fully saturated rings. The van der Waals surface area contributed by atoms with Gasteiger partial charge in [0.2, 0.25) is 0 Å². The van der Waals surface area contributed by atoms with Gasteiger partial charge in [-0.2, -0.15) is 0 Å². The second-order valence-corrected chi connectivity index (χ2v) is 7.07. The number of para-hydroxylation sites is 1. The zero-order valence-corrected chi connectivity index (χ0v) is 15.3. The number of carbonyl (C=O) groups is 1. The summed E-state index contributed by atoms with van der Waals surface area (Å²) in [6, 6.07) is 9.97. The molecule has 0 aliphatic rings. The number of aromatic nitrogens is 3. The van der Waals surface area contributed by atoms with Gasteiger partial charge >= 0.3 is 6.09 Å². The number of benzene rings is 1. The number of nitrogens with zero attached hydrogens (tertiary/aromatic N) is 3. The molecule has 0 saturated carbocycles. The van der Waals surface area contributed by atoms with E-state index in [1.807, 2.05) is 55.7 Å². The number of rotatable bonds is 7. The van der Waals surface area contributed by atoms with Crippen LogP contribution in [0.2, 0.25) is 0 Å². The maximum atomic E-state index is 11.6. The topological polar surface area (TPSA) is 81.1 Å². The van der Waals surface area contributed by atoms with E-state index < -0.39 is 5.60 Å². The van der Waals surface area contributed by atoms with E-state index in [0.29, 0.717) is 13.1 Å². The number of amides is 1. The van der Waals surface area contributed by atoms with Crippen LogP contribution in [0.3, 0.4) is 0 Å². The number of carbonyl (C=O) groups excluding carboxylic acids is 1. The van der Waals surface area contributed by atoms with E-state index in [0.717, 1.165) is 18.1 Å². The van der Waals surface area contributed by atoms with Crippen LogP contribution < -0.4 is 10.6 Å². The van der Waals surface area contributed by atoms with Crippen molar-refractivity contribution in [3.8, 4) is 5.69 Å². The van der Waals surface area contributed by atoms with E-state index in [9.17, 15) is 4.79 Å². The van der Waals surface area contributed by atoms with Crippen LogP contribution in [-0.4, -0.2) is 39.5 Å². The molecule has 0 saturated heterocycles. The Morgan fingerprint density at radius 1 is 1.24 bits per heavy atom. The molecule has 1 atom stereocenters. The predicted molar refractivity (Wildman–Crippen MR) is 96.5 cm³/mol. The summed E-state index contributed by atoms with van der Waals surface area (Å²) in [6.07, 6.45) is 1.32. The second kappa shape index (κ2) is 8.62. The highest BCUT2D eigenvalue weighted by atomic mass is 16.6. The van der Waals surface area contributed by atoms with Gasteiger partial charge in [-0.05, 0) is 45.4 Å². The number of ether oxygens (including phenoxy) is 1. The monoisotopic (exact) mass is 345 g/mol. The third-order valence-corrected chi connectivity index (χ3v) is 3.42. The van der Waals surface area contributed by atoms with Crippen LogP contribution in [0.25, 0.3) is 5.69 Å². The molecule has 7 nitrogen and oxygen atoms in total. The Balaban J connectivity index is 1.74. The first kappa shape index (κ1) is 18.9. The summed E-state index contributed by atoms with van der Waals surface area (Å²) in [6.45, 7) is 9.50. The minimum Gasteiger partial charge on any atom is -0.444 e. The van der Waals surface area contributed by atoms with Gasteiger partial charge in [0.15, 0.2) is 5.82 Å². The molecule has 0 unspecified atom stereocenters. The van der Waals surface area contributed by atoms with Gasteiger partial charge in [0.05, 0.1) is 6.54 Å². The summed E-state index contributed by atoms with van der Waals surface area (Å²) in [5, 5.41) is 14.3. The molecule has 25 heavy (non-hydrogen) atoms. The Morgan fingerprint density at radius 3 is 2.64 bits per heavy atom. The second-order valence-electron chi connectivity index (χ2n) is 7.07. The van der Waals surface area contributed by atoms with Crippen LogP contribution in [0, 0.1) is 5.92 Å². The molecule has 2 N–H and O–H groups in total. The zero-order valence-electron chi connectivity index (χ0n) is 15.3. The molecule has 1 heterocycles. The third-order valence-electron chi connectivity index (χ3n) is 3.42. The Hall–Kier alpha value is -2.41. The molecular formula is C18H27N5O2. The van der Waals surface area contributed by atoms with Gasteiger partial charge in [0.25, 0.3) is 0 Å². The van der Waals surface area contributed by atoms with E-state index in [1.54, 1.807) is 6.33 Å². The van der Waals surface area contributed by atoms with E-state index in [2.05, 4.69) is 27.8 Å². The fourth-order valence-corrected chi connectivity index (χ4v) is 2.26. The number of alkyl carbamates (subject to hydrolysis) is 1. The summed E-state index contributed by atoms with van der Waals surface area (Å²) in [5.74, 6) is 1.11. The maximum Gasteiger partial charge on any atom is 0.407 e. The van der Waals surface area contributed by atoms with Gasteiger partial charge in [-0.15, -0.1) is 10.2 Å². The highest BCUT2D eigenvalue weighted by molar-refractivity contribution is 5.67. The van der Waals surface area contributed by atoms with Crippen LogP contribution in [0.4, 0.5) is 4.79 Å². The van der Waals surface area contributed by atoms with Crippen LogP contribution in [0.15, 0.2) is 36.7 Å². The predicted octanol–water partition coefficient (Wildman–Crippen LogP) is 2.52. The molecular weight excluding hydrogens is 318 g/mol. The maximum absolute atomic E-state index is 11.6. The Labute approximate surface area is 148 Å².